The van der Waals surface area contributed by atoms with Crippen molar-refractivity contribution in [2.24, 2.45) is 0 Å². The molecule has 0 aromatic rings. The third kappa shape index (κ3) is 1.07. The fraction of sp³-hybridized carbons (Fsp3) is 0.750. The van der Waals surface area contributed by atoms with Gasteiger partial charge in [0.25, 0.3) is 4.32 Å². The van der Waals surface area contributed by atoms with Crippen LogP contribution in [0.4, 0.5) is 0 Å². The van der Waals surface area contributed by atoms with Crippen LogP contribution in [0.3, 0.4) is 0 Å². The third-order valence-electron chi connectivity index (χ3n) is 0.994. The fourth-order valence-electron chi connectivity index (χ4n) is 0.522. The van der Waals surface area contributed by atoms with Gasteiger partial charge in [-0.3, -0.25) is 0 Å². The summed E-state index contributed by atoms with van der Waals surface area (Å²) in [5, 5.41) is 3.11. The Kier molecular flexibility index (Phi) is 1.54. The molecule has 0 radical (unpaired) electrons. The quantitative estimate of drug-likeness (QED) is 0.373. The zero-order valence-electron chi connectivity index (χ0n) is 4.23. The van der Waals surface area contributed by atoms with Crippen molar-refractivity contribution in [1.82, 2.24) is 5.32 Å². The molecule has 40 valence electrons. The van der Waals surface area contributed by atoms with Crippen LogP contribution >= 0.6 is 12.2 Å². The van der Waals surface area contributed by atoms with Crippen molar-refractivity contribution in [2.75, 3.05) is 18.6 Å². The standard InChI is InChI=1S/C4H7NS2/c1-7-3-2-5-4(7)6/h2-3H2,1H3/p+1. The molecule has 0 aliphatic carbocycles. The van der Waals surface area contributed by atoms with E-state index in [0.717, 1.165) is 10.9 Å². The highest BCUT2D eigenvalue weighted by atomic mass is 32.2. The van der Waals surface area contributed by atoms with Crippen molar-refractivity contribution in [3.8, 4) is 0 Å². The molecule has 3 heteroatoms. The Morgan fingerprint density at radius 3 is 2.71 bits per heavy atom. The van der Waals surface area contributed by atoms with Gasteiger partial charge in [-0.15, -0.1) is 0 Å². The van der Waals surface area contributed by atoms with Crippen LogP contribution in [0.5, 0.6) is 0 Å². The van der Waals surface area contributed by atoms with Crippen molar-refractivity contribution in [3.63, 3.8) is 0 Å². The Balaban J connectivity index is 2.48. The first-order valence-electron chi connectivity index (χ1n) is 2.21. The molecule has 1 unspecified atom stereocenters. The summed E-state index contributed by atoms with van der Waals surface area (Å²) in [5.41, 5.74) is 0. The molecule has 1 N–H and O–H groups in total. The lowest BCUT2D eigenvalue weighted by Gasteiger charge is -1.83. The van der Waals surface area contributed by atoms with Crippen LogP contribution in [-0.2, 0) is 10.9 Å². The van der Waals surface area contributed by atoms with Crippen molar-refractivity contribution < 1.29 is 0 Å². The Labute approximate surface area is 51.8 Å². The Hall–Kier alpha value is 0.240. The average molecular weight is 134 g/mol. The molecule has 1 heterocycles. The summed E-state index contributed by atoms with van der Waals surface area (Å²) in [4.78, 5) is 0. The molecule has 1 nitrogen and oxygen atoms in total. The molecule has 7 heavy (non-hydrogen) atoms. The van der Waals surface area contributed by atoms with Crippen molar-refractivity contribution in [3.05, 3.63) is 0 Å². The van der Waals surface area contributed by atoms with Gasteiger partial charge in [0, 0.05) is 0 Å². The monoisotopic (exact) mass is 134 g/mol. The van der Waals surface area contributed by atoms with Gasteiger partial charge >= 0.3 is 0 Å². The van der Waals surface area contributed by atoms with Gasteiger partial charge in [-0.05, 0) is 12.2 Å². The maximum atomic E-state index is 4.94. The molecule has 1 fully saturated rings. The molecular weight excluding hydrogens is 126 g/mol. The third-order valence-corrected chi connectivity index (χ3v) is 3.59. The summed E-state index contributed by atoms with van der Waals surface area (Å²) in [5.74, 6) is 1.25. The highest BCUT2D eigenvalue weighted by Crippen LogP contribution is 1.98. The second kappa shape index (κ2) is 2.01. The molecule has 1 aliphatic rings. The topological polar surface area (TPSA) is 12.0 Å². The van der Waals surface area contributed by atoms with E-state index in [1.807, 2.05) is 0 Å². The SMILES string of the molecule is C[S+]1CCNC1=S. The summed E-state index contributed by atoms with van der Waals surface area (Å²) >= 11 is 4.94. The maximum Gasteiger partial charge on any atom is 0.287 e. The number of thiocarbonyl (C=S) groups is 1. The zero-order valence-corrected chi connectivity index (χ0v) is 5.86. The van der Waals surface area contributed by atoms with Gasteiger partial charge in [0.2, 0.25) is 0 Å². The van der Waals surface area contributed by atoms with E-state index in [0.29, 0.717) is 10.9 Å². The van der Waals surface area contributed by atoms with Crippen molar-refractivity contribution in [1.29, 1.82) is 0 Å². The lowest BCUT2D eigenvalue weighted by atomic mass is 10.8. The predicted octanol–water partition coefficient (Wildman–Crippen LogP) is 0.123. The molecule has 1 rings (SSSR count). The van der Waals surface area contributed by atoms with Crippen LogP contribution < -0.4 is 5.32 Å². The Morgan fingerprint density at radius 1 is 1.86 bits per heavy atom. The Bertz CT molecular complexity index is 91.7. The van der Waals surface area contributed by atoms with E-state index in [-0.39, 0.29) is 0 Å². The minimum absolute atomic E-state index is 0.403. The van der Waals surface area contributed by atoms with Gasteiger partial charge in [0.1, 0.15) is 12.0 Å². The van der Waals surface area contributed by atoms with Crippen molar-refractivity contribution >= 4 is 27.4 Å². The lowest BCUT2D eigenvalue weighted by molar-refractivity contribution is 1.03. The highest BCUT2D eigenvalue weighted by Gasteiger charge is 2.24. The normalized spacial score (nSPS) is 30.4. The molecular formula is C4H8NS2+. The summed E-state index contributed by atoms with van der Waals surface area (Å²) in [6.45, 7) is 1.10. The van der Waals surface area contributed by atoms with E-state index in [9.17, 15) is 0 Å². The lowest BCUT2D eigenvalue weighted by Crippen LogP contribution is -2.15. The van der Waals surface area contributed by atoms with Gasteiger partial charge < -0.3 is 5.32 Å². The van der Waals surface area contributed by atoms with Crippen LogP contribution in [0, 0.1) is 0 Å². The second-order valence-electron chi connectivity index (χ2n) is 1.56. The van der Waals surface area contributed by atoms with E-state index in [2.05, 4.69) is 11.6 Å². The molecule has 0 aromatic carbocycles. The van der Waals surface area contributed by atoms with Gasteiger partial charge in [-0.2, -0.15) is 0 Å². The zero-order chi connectivity index (χ0) is 5.28. The second-order valence-corrected chi connectivity index (χ2v) is 4.31. The van der Waals surface area contributed by atoms with Crippen molar-refractivity contribution in [2.45, 2.75) is 0 Å². The van der Waals surface area contributed by atoms with E-state index in [1.165, 1.54) is 5.75 Å². The van der Waals surface area contributed by atoms with Gasteiger partial charge in [-0.1, -0.05) is 0 Å². The average Bonchev–Trinajstić information content (AvgIpc) is 1.91. The summed E-state index contributed by atoms with van der Waals surface area (Å²) < 4.78 is 1.07. The molecule has 0 saturated carbocycles. The van der Waals surface area contributed by atoms with E-state index < -0.39 is 0 Å². The minimum atomic E-state index is 0.403. The van der Waals surface area contributed by atoms with Crippen LogP contribution in [0.1, 0.15) is 0 Å². The molecule has 1 atom stereocenters. The van der Waals surface area contributed by atoms with Gasteiger partial charge in [0.05, 0.1) is 17.4 Å². The number of rotatable bonds is 0. The highest BCUT2D eigenvalue weighted by molar-refractivity contribution is 8.20. The smallest absolute Gasteiger partial charge is 0.287 e. The van der Waals surface area contributed by atoms with Crippen LogP contribution in [0.15, 0.2) is 0 Å². The number of nitrogens with one attached hydrogen (secondary N) is 1. The van der Waals surface area contributed by atoms with Crippen LogP contribution in [0.25, 0.3) is 0 Å². The molecule has 1 aliphatic heterocycles. The molecule has 0 spiro atoms. The largest absolute Gasteiger partial charge is 0.332 e. The molecule has 0 amide bonds. The summed E-state index contributed by atoms with van der Waals surface area (Å²) in [6, 6.07) is 0. The van der Waals surface area contributed by atoms with E-state index >= 15 is 0 Å². The number of hydrogen-bond donors (Lipinski definition) is 1. The first-order chi connectivity index (χ1) is 3.30. The van der Waals surface area contributed by atoms with Crippen LogP contribution in [0.2, 0.25) is 0 Å². The van der Waals surface area contributed by atoms with E-state index in [1.54, 1.807) is 0 Å². The maximum absolute atomic E-state index is 4.94. The van der Waals surface area contributed by atoms with E-state index in [4.69, 9.17) is 12.2 Å². The molecule has 0 bridgehead atoms. The first kappa shape index (κ1) is 5.38. The predicted molar refractivity (Wildman–Crippen MR) is 38.8 cm³/mol. The minimum Gasteiger partial charge on any atom is -0.332 e. The Morgan fingerprint density at radius 2 is 2.57 bits per heavy atom. The van der Waals surface area contributed by atoms with Gasteiger partial charge in [0.15, 0.2) is 0 Å². The number of hydrogen-bond acceptors (Lipinski definition) is 1. The van der Waals surface area contributed by atoms with Crippen LogP contribution in [-0.4, -0.2) is 22.9 Å². The first-order valence-corrected chi connectivity index (χ1v) is 4.42. The fourth-order valence-corrected chi connectivity index (χ4v) is 1.82. The molecule has 1 saturated heterocycles. The summed E-state index contributed by atoms with van der Waals surface area (Å²) in [7, 11) is 0.403. The molecule has 0 aromatic heterocycles. The van der Waals surface area contributed by atoms with Gasteiger partial charge in [-0.25, -0.2) is 0 Å². The summed E-state index contributed by atoms with van der Waals surface area (Å²) in [6.07, 6.45) is 2.18.